The Hall–Kier alpha value is -1.62. The van der Waals surface area contributed by atoms with Crippen molar-refractivity contribution in [3.8, 4) is 0 Å². The van der Waals surface area contributed by atoms with Gasteiger partial charge in [-0.25, -0.2) is 9.18 Å². The van der Waals surface area contributed by atoms with Gasteiger partial charge in [-0.2, -0.15) is 0 Å². The van der Waals surface area contributed by atoms with Crippen LogP contribution in [0.1, 0.15) is 10.4 Å². The summed E-state index contributed by atoms with van der Waals surface area (Å²) in [5.74, 6) is -0.920. The van der Waals surface area contributed by atoms with E-state index in [0.29, 0.717) is 5.56 Å². The number of carbonyl (C=O) groups is 1. The van der Waals surface area contributed by atoms with Gasteiger partial charge in [0.15, 0.2) is 0 Å². The number of esters is 1. The molecule has 0 bridgehead atoms. The van der Waals surface area contributed by atoms with Gasteiger partial charge in [-0.15, -0.1) is 0 Å². The second-order valence-electron chi connectivity index (χ2n) is 4.44. The summed E-state index contributed by atoms with van der Waals surface area (Å²) in [6.45, 7) is 3.51. The average molecular weight is 252 g/mol. The van der Waals surface area contributed by atoms with Crippen LogP contribution < -0.4 is 4.90 Å². The molecule has 2 rings (SSSR count). The fourth-order valence-corrected chi connectivity index (χ4v) is 2.10. The van der Waals surface area contributed by atoms with Gasteiger partial charge >= 0.3 is 5.97 Å². The molecule has 0 unspecified atom stereocenters. The van der Waals surface area contributed by atoms with Crippen molar-refractivity contribution in [2.45, 2.75) is 0 Å². The third kappa shape index (κ3) is 2.61. The molecule has 98 valence electrons. The number of likely N-dealkylation sites (N-methyl/N-ethyl adjacent to an activating group) is 1. The number of nitrogens with zero attached hydrogens (tertiary/aromatic N) is 2. The van der Waals surface area contributed by atoms with Crippen LogP contribution in [0.25, 0.3) is 0 Å². The van der Waals surface area contributed by atoms with E-state index in [9.17, 15) is 9.18 Å². The number of rotatable bonds is 2. The number of hydrogen-bond donors (Lipinski definition) is 0. The summed E-state index contributed by atoms with van der Waals surface area (Å²) < 4.78 is 17.9. The Morgan fingerprint density at radius 3 is 2.56 bits per heavy atom. The van der Waals surface area contributed by atoms with Gasteiger partial charge in [0.2, 0.25) is 0 Å². The van der Waals surface area contributed by atoms with Crippen LogP contribution >= 0.6 is 0 Å². The van der Waals surface area contributed by atoms with Crippen molar-refractivity contribution in [3.63, 3.8) is 0 Å². The van der Waals surface area contributed by atoms with E-state index < -0.39 is 11.8 Å². The molecule has 0 aliphatic carbocycles. The summed E-state index contributed by atoms with van der Waals surface area (Å²) in [5, 5.41) is 0. The largest absolute Gasteiger partial charge is 0.465 e. The van der Waals surface area contributed by atoms with Gasteiger partial charge < -0.3 is 14.5 Å². The summed E-state index contributed by atoms with van der Waals surface area (Å²) in [5.41, 5.74) is 1.04. The standard InChI is InChI=1S/C13H17FN2O2/c1-15-5-7-16(8-6-15)12-4-3-10(14)9-11(12)13(17)18-2/h3-4,9H,5-8H2,1-2H3. The molecule has 1 saturated heterocycles. The van der Waals surface area contributed by atoms with Crippen LogP contribution in [-0.2, 0) is 4.74 Å². The van der Waals surface area contributed by atoms with E-state index >= 15 is 0 Å². The summed E-state index contributed by atoms with van der Waals surface area (Å²) in [6, 6.07) is 4.26. The predicted octanol–water partition coefficient (Wildman–Crippen LogP) is 1.36. The minimum Gasteiger partial charge on any atom is -0.465 e. The van der Waals surface area contributed by atoms with Gasteiger partial charge in [-0.1, -0.05) is 0 Å². The molecule has 1 heterocycles. The zero-order valence-corrected chi connectivity index (χ0v) is 10.6. The number of halogens is 1. The maximum absolute atomic E-state index is 13.2. The third-order valence-electron chi connectivity index (χ3n) is 3.21. The predicted molar refractivity (Wildman–Crippen MR) is 67.4 cm³/mol. The molecule has 0 amide bonds. The number of benzene rings is 1. The van der Waals surface area contributed by atoms with E-state index in [1.807, 2.05) is 0 Å². The molecule has 0 aromatic heterocycles. The van der Waals surface area contributed by atoms with Crippen LogP contribution in [0.15, 0.2) is 18.2 Å². The summed E-state index contributed by atoms with van der Waals surface area (Å²) >= 11 is 0. The molecule has 1 aromatic carbocycles. The van der Waals surface area contributed by atoms with Crippen LogP contribution in [0.4, 0.5) is 10.1 Å². The van der Waals surface area contributed by atoms with Crippen molar-refractivity contribution in [1.29, 1.82) is 0 Å². The fourth-order valence-electron chi connectivity index (χ4n) is 2.10. The summed E-state index contributed by atoms with van der Waals surface area (Å²) in [7, 11) is 3.37. The first-order valence-electron chi connectivity index (χ1n) is 5.93. The smallest absolute Gasteiger partial charge is 0.340 e. The maximum atomic E-state index is 13.2. The maximum Gasteiger partial charge on any atom is 0.340 e. The third-order valence-corrected chi connectivity index (χ3v) is 3.21. The quantitative estimate of drug-likeness (QED) is 0.744. The molecule has 0 radical (unpaired) electrons. The molecule has 4 nitrogen and oxygen atoms in total. The van der Waals surface area contributed by atoms with E-state index in [4.69, 9.17) is 4.74 Å². The molecule has 0 saturated carbocycles. The van der Waals surface area contributed by atoms with Crippen LogP contribution in [0.5, 0.6) is 0 Å². The monoisotopic (exact) mass is 252 g/mol. The zero-order chi connectivity index (χ0) is 13.1. The summed E-state index contributed by atoms with van der Waals surface area (Å²) in [4.78, 5) is 16.0. The van der Waals surface area contributed by atoms with E-state index in [0.717, 1.165) is 31.9 Å². The van der Waals surface area contributed by atoms with E-state index in [-0.39, 0.29) is 0 Å². The van der Waals surface area contributed by atoms with E-state index in [2.05, 4.69) is 16.8 Å². The highest BCUT2D eigenvalue weighted by atomic mass is 19.1. The molecular weight excluding hydrogens is 235 g/mol. The highest BCUT2D eigenvalue weighted by Crippen LogP contribution is 2.23. The van der Waals surface area contributed by atoms with Crippen molar-refractivity contribution in [2.24, 2.45) is 0 Å². The van der Waals surface area contributed by atoms with Gasteiger partial charge in [-0.3, -0.25) is 0 Å². The molecule has 1 fully saturated rings. The number of anilines is 1. The lowest BCUT2D eigenvalue weighted by Gasteiger charge is -2.34. The summed E-state index contributed by atoms with van der Waals surface area (Å²) in [6.07, 6.45) is 0. The molecular formula is C13H17FN2O2. The number of carbonyl (C=O) groups excluding carboxylic acids is 1. The van der Waals surface area contributed by atoms with Crippen molar-refractivity contribution < 1.29 is 13.9 Å². The lowest BCUT2D eigenvalue weighted by molar-refractivity contribution is 0.0600. The highest BCUT2D eigenvalue weighted by molar-refractivity contribution is 5.95. The minimum atomic E-state index is -0.497. The second kappa shape index (κ2) is 5.35. The first-order chi connectivity index (χ1) is 8.61. The number of piperazine rings is 1. The topological polar surface area (TPSA) is 32.8 Å². The van der Waals surface area contributed by atoms with Crippen molar-refractivity contribution in [2.75, 3.05) is 45.2 Å². The van der Waals surface area contributed by atoms with Crippen LogP contribution in [0, 0.1) is 5.82 Å². The van der Waals surface area contributed by atoms with Crippen molar-refractivity contribution in [3.05, 3.63) is 29.6 Å². The number of ether oxygens (including phenoxy) is 1. The van der Waals surface area contributed by atoms with Crippen molar-refractivity contribution >= 4 is 11.7 Å². The first-order valence-corrected chi connectivity index (χ1v) is 5.93. The lowest BCUT2D eigenvalue weighted by Crippen LogP contribution is -2.45. The van der Waals surface area contributed by atoms with E-state index in [1.54, 1.807) is 6.07 Å². The van der Waals surface area contributed by atoms with Gasteiger partial charge in [0.25, 0.3) is 0 Å². The van der Waals surface area contributed by atoms with Gasteiger partial charge in [-0.05, 0) is 25.2 Å². The van der Waals surface area contributed by atoms with Gasteiger partial charge in [0.1, 0.15) is 5.82 Å². The van der Waals surface area contributed by atoms with Gasteiger partial charge in [0.05, 0.1) is 18.4 Å². The van der Waals surface area contributed by atoms with Gasteiger partial charge in [0, 0.05) is 26.2 Å². The fraction of sp³-hybridized carbons (Fsp3) is 0.462. The molecule has 1 aliphatic rings. The Morgan fingerprint density at radius 1 is 1.28 bits per heavy atom. The first kappa shape index (κ1) is 12.8. The molecule has 0 atom stereocenters. The Balaban J connectivity index is 2.29. The Bertz CT molecular complexity index is 443. The Kier molecular flexibility index (Phi) is 3.81. The average Bonchev–Trinajstić information content (AvgIpc) is 2.39. The second-order valence-corrected chi connectivity index (χ2v) is 4.44. The molecule has 1 aromatic rings. The molecule has 18 heavy (non-hydrogen) atoms. The lowest BCUT2D eigenvalue weighted by atomic mass is 10.1. The normalized spacial score (nSPS) is 16.7. The molecule has 1 aliphatic heterocycles. The number of hydrogen-bond acceptors (Lipinski definition) is 4. The molecule has 0 N–H and O–H groups in total. The van der Waals surface area contributed by atoms with Crippen molar-refractivity contribution in [1.82, 2.24) is 4.90 Å². The van der Waals surface area contributed by atoms with E-state index in [1.165, 1.54) is 19.2 Å². The molecule has 0 spiro atoms. The number of methoxy groups -OCH3 is 1. The van der Waals surface area contributed by atoms with Crippen LogP contribution in [0.3, 0.4) is 0 Å². The minimum absolute atomic E-state index is 0.294. The van der Waals surface area contributed by atoms with Crippen LogP contribution in [0.2, 0.25) is 0 Å². The SMILES string of the molecule is COC(=O)c1cc(F)ccc1N1CCN(C)CC1. The highest BCUT2D eigenvalue weighted by Gasteiger charge is 2.21. The molecule has 5 heteroatoms. The van der Waals surface area contributed by atoms with Crippen LogP contribution in [-0.4, -0.2) is 51.2 Å². The Labute approximate surface area is 106 Å². The zero-order valence-electron chi connectivity index (χ0n) is 10.6. The Morgan fingerprint density at radius 2 is 1.94 bits per heavy atom.